The van der Waals surface area contributed by atoms with Crippen molar-refractivity contribution >= 4 is 21.6 Å². The van der Waals surface area contributed by atoms with E-state index in [1.165, 1.54) is 6.92 Å². The van der Waals surface area contributed by atoms with Gasteiger partial charge in [0.25, 0.3) is 5.91 Å². The molecule has 0 saturated heterocycles. The molecule has 1 amide bonds. The predicted molar refractivity (Wildman–Crippen MR) is 63.9 cm³/mol. The van der Waals surface area contributed by atoms with Gasteiger partial charge in [-0.15, -0.1) is 0 Å². The number of sulfonamides is 1. The van der Waals surface area contributed by atoms with Gasteiger partial charge in [-0.25, -0.2) is 13.6 Å². The number of aryl methyl sites for hydroxylation is 1. The topological polar surface area (TPSA) is 156 Å². The lowest BCUT2D eigenvalue weighted by molar-refractivity contribution is -0.386. The molecule has 0 aliphatic carbocycles. The van der Waals surface area contributed by atoms with Gasteiger partial charge in [-0.05, 0) is 18.6 Å². The van der Waals surface area contributed by atoms with Crippen molar-refractivity contribution in [1.82, 2.24) is 0 Å². The van der Waals surface area contributed by atoms with Gasteiger partial charge in [0.15, 0.2) is 12.4 Å². The highest BCUT2D eigenvalue weighted by Crippen LogP contribution is 2.31. The molecule has 0 aliphatic heterocycles. The molecule has 1 rings (SSSR count). The second-order valence-corrected chi connectivity index (χ2v) is 5.17. The van der Waals surface area contributed by atoms with Crippen LogP contribution in [0, 0.1) is 17.0 Å². The zero-order valence-electron chi connectivity index (χ0n) is 9.82. The Labute approximate surface area is 108 Å². The quantitative estimate of drug-likeness (QED) is 0.545. The maximum absolute atomic E-state index is 11.2. The van der Waals surface area contributed by atoms with Crippen molar-refractivity contribution in [2.45, 2.75) is 11.8 Å². The van der Waals surface area contributed by atoms with Crippen molar-refractivity contribution in [2.24, 2.45) is 10.9 Å². The summed E-state index contributed by atoms with van der Waals surface area (Å²) in [5, 5.41) is 15.8. The summed E-state index contributed by atoms with van der Waals surface area (Å²) >= 11 is 0. The minimum atomic E-state index is -4.09. The fourth-order valence-corrected chi connectivity index (χ4v) is 2.15. The fraction of sp³-hybridized carbons (Fsp3) is 0.222. The molecule has 0 atom stereocenters. The van der Waals surface area contributed by atoms with Crippen LogP contribution in [0.5, 0.6) is 5.75 Å². The Bertz CT molecular complexity index is 640. The number of carbonyl (C=O) groups is 1. The van der Waals surface area contributed by atoms with Crippen molar-refractivity contribution in [1.29, 1.82) is 0 Å². The van der Waals surface area contributed by atoms with Gasteiger partial charge in [0.05, 0.1) is 9.82 Å². The number of amides is 1. The number of hydrogen-bond donors (Lipinski definition) is 2. The second-order valence-electron chi connectivity index (χ2n) is 3.64. The molecule has 0 spiro atoms. The Hall–Kier alpha value is -2.20. The van der Waals surface area contributed by atoms with Gasteiger partial charge < -0.3 is 10.5 Å². The molecule has 9 nitrogen and oxygen atoms in total. The van der Waals surface area contributed by atoms with Gasteiger partial charge in [0, 0.05) is 6.07 Å². The zero-order valence-corrected chi connectivity index (χ0v) is 10.6. The number of nitro benzene ring substituents is 1. The lowest BCUT2D eigenvalue weighted by atomic mass is 10.2. The third-order valence-electron chi connectivity index (χ3n) is 2.13. The largest absolute Gasteiger partial charge is 0.477 e. The van der Waals surface area contributed by atoms with E-state index < -0.39 is 33.1 Å². The molecule has 4 N–H and O–H groups in total. The van der Waals surface area contributed by atoms with Crippen molar-refractivity contribution in [3.05, 3.63) is 27.8 Å². The average molecular weight is 289 g/mol. The highest BCUT2D eigenvalue weighted by molar-refractivity contribution is 7.89. The second kappa shape index (κ2) is 5.20. The Morgan fingerprint density at radius 1 is 1.47 bits per heavy atom. The maximum Gasteiger partial charge on any atom is 0.312 e. The molecular weight excluding hydrogens is 278 g/mol. The number of nitro groups is 1. The maximum atomic E-state index is 11.2. The molecule has 104 valence electrons. The summed E-state index contributed by atoms with van der Waals surface area (Å²) < 4.78 is 27.3. The smallest absolute Gasteiger partial charge is 0.312 e. The number of nitrogens with zero attached hydrogens (tertiary/aromatic N) is 1. The molecule has 0 radical (unpaired) electrons. The van der Waals surface area contributed by atoms with Gasteiger partial charge >= 0.3 is 5.69 Å². The minimum absolute atomic E-state index is 0.160. The first-order chi connectivity index (χ1) is 8.62. The summed E-state index contributed by atoms with van der Waals surface area (Å²) in [6.07, 6.45) is 0. The number of ether oxygens (including phenoxy) is 1. The Kier molecular flexibility index (Phi) is 4.07. The number of benzene rings is 1. The van der Waals surface area contributed by atoms with E-state index in [1.54, 1.807) is 0 Å². The normalized spacial score (nSPS) is 11.1. The molecule has 0 bridgehead atoms. The number of primary sulfonamides is 1. The molecule has 0 heterocycles. The SMILES string of the molecule is Cc1cc(OCC(N)=O)c([N+](=O)[O-])cc1S(N)(=O)=O. The number of hydrogen-bond acceptors (Lipinski definition) is 6. The summed E-state index contributed by atoms with van der Waals surface area (Å²) in [7, 11) is -4.09. The Morgan fingerprint density at radius 2 is 2.05 bits per heavy atom. The summed E-state index contributed by atoms with van der Waals surface area (Å²) in [5.74, 6) is -1.07. The lowest BCUT2D eigenvalue weighted by Crippen LogP contribution is -2.20. The van der Waals surface area contributed by atoms with E-state index in [-0.39, 0.29) is 16.2 Å². The summed E-state index contributed by atoms with van der Waals surface area (Å²) in [4.78, 5) is 20.2. The number of carbonyl (C=O) groups excluding carboxylic acids is 1. The van der Waals surface area contributed by atoms with Crippen LogP contribution in [0.4, 0.5) is 5.69 Å². The molecule has 0 fully saturated rings. The van der Waals surface area contributed by atoms with E-state index >= 15 is 0 Å². The van der Waals surface area contributed by atoms with E-state index in [2.05, 4.69) is 0 Å². The molecule has 0 saturated carbocycles. The van der Waals surface area contributed by atoms with Crippen LogP contribution < -0.4 is 15.6 Å². The van der Waals surface area contributed by atoms with E-state index in [0.717, 1.165) is 12.1 Å². The van der Waals surface area contributed by atoms with Gasteiger partial charge in [-0.1, -0.05) is 0 Å². The van der Waals surface area contributed by atoms with Crippen LogP contribution in [-0.4, -0.2) is 25.9 Å². The average Bonchev–Trinajstić information content (AvgIpc) is 2.23. The first-order valence-electron chi connectivity index (χ1n) is 4.86. The summed E-state index contributed by atoms with van der Waals surface area (Å²) in [5.41, 5.74) is 4.40. The third-order valence-corrected chi connectivity index (χ3v) is 3.18. The van der Waals surface area contributed by atoms with Crippen LogP contribution in [-0.2, 0) is 14.8 Å². The van der Waals surface area contributed by atoms with Crippen LogP contribution in [0.1, 0.15) is 5.56 Å². The van der Waals surface area contributed by atoms with E-state index in [1.807, 2.05) is 0 Å². The Balaban J connectivity index is 3.38. The van der Waals surface area contributed by atoms with E-state index in [9.17, 15) is 23.3 Å². The predicted octanol–water partition coefficient (Wildman–Crippen LogP) is -0.585. The number of nitrogens with two attached hydrogens (primary N) is 2. The molecular formula is C9H11N3O6S. The minimum Gasteiger partial charge on any atom is -0.477 e. The van der Waals surface area contributed by atoms with Crippen LogP contribution in [0.2, 0.25) is 0 Å². The molecule has 0 unspecified atom stereocenters. The molecule has 10 heteroatoms. The Morgan fingerprint density at radius 3 is 2.47 bits per heavy atom. The van der Waals surface area contributed by atoms with Crippen molar-refractivity contribution in [3.63, 3.8) is 0 Å². The summed E-state index contributed by atoms with van der Waals surface area (Å²) in [6, 6.07) is 1.89. The summed E-state index contributed by atoms with van der Waals surface area (Å²) in [6.45, 7) is 0.829. The van der Waals surface area contributed by atoms with Gasteiger partial charge in [0.1, 0.15) is 0 Å². The zero-order chi connectivity index (χ0) is 14.8. The van der Waals surface area contributed by atoms with Crippen LogP contribution in [0.15, 0.2) is 17.0 Å². The van der Waals surface area contributed by atoms with Gasteiger partial charge in [0.2, 0.25) is 10.0 Å². The highest BCUT2D eigenvalue weighted by Gasteiger charge is 2.23. The van der Waals surface area contributed by atoms with Crippen LogP contribution >= 0.6 is 0 Å². The van der Waals surface area contributed by atoms with Gasteiger partial charge in [-0.3, -0.25) is 14.9 Å². The van der Waals surface area contributed by atoms with E-state index in [0.29, 0.717) is 0 Å². The van der Waals surface area contributed by atoms with Crippen molar-refractivity contribution in [2.75, 3.05) is 6.61 Å². The number of rotatable bonds is 5. The monoisotopic (exact) mass is 289 g/mol. The molecule has 1 aromatic rings. The molecule has 0 aromatic heterocycles. The highest BCUT2D eigenvalue weighted by atomic mass is 32.2. The first-order valence-corrected chi connectivity index (χ1v) is 6.40. The van der Waals surface area contributed by atoms with Crippen molar-refractivity contribution in [3.8, 4) is 5.75 Å². The fourth-order valence-electron chi connectivity index (χ4n) is 1.36. The first kappa shape index (κ1) is 14.9. The molecule has 0 aliphatic rings. The number of primary amides is 1. The lowest BCUT2D eigenvalue weighted by Gasteiger charge is -2.08. The standard InChI is InChI=1S/C9H11N3O6S/c1-5-2-7(18-4-9(10)13)6(12(14)15)3-8(5)19(11,16)17/h2-3H,4H2,1H3,(H2,10,13)(H2,11,16,17). The third kappa shape index (κ3) is 3.63. The van der Waals surface area contributed by atoms with Crippen LogP contribution in [0.25, 0.3) is 0 Å². The molecule has 1 aromatic carbocycles. The molecule has 19 heavy (non-hydrogen) atoms. The van der Waals surface area contributed by atoms with E-state index in [4.69, 9.17) is 15.6 Å². The van der Waals surface area contributed by atoms with Gasteiger partial charge in [-0.2, -0.15) is 0 Å². The van der Waals surface area contributed by atoms with Crippen molar-refractivity contribution < 1.29 is 22.9 Å². The van der Waals surface area contributed by atoms with Crippen LogP contribution in [0.3, 0.4) is 0 Å².